The standard InChI is InChI=1S/C21H21N3O5/c1-14-19(15(2)29-22-14)13-28-18-9-6-8-16(11-18)21(25)23(3)12-17-7-4-5-10-20(17)24(26)27/h4-11H,12-13H2,1-3H3. The zero-order chi connectivity index (χ0) is 21.0. The maximum atomic E-state index is 12.8. The number of carbonyl (C=O) groups is 1. The van der Waals surface area contributed by atoms with Crippen LogP contribution in [0.25, 0.3) is 0 Å². The van der Waals surface area contributed by atoms with Gasteiger partial charge in [-0.1, -0.05) is 29.4 Å². The summed E-state index contributed by atoms with van der Waals surface area (Å²) in [6.07, 6.45) is 0. The molecular formula is C21H21N3O5. The molecule has 0 saturated heterocycles. The molecule has 0 fully saturated rings. The number of hydrogen-bond acceptors (Lipinski definition) is 6. The number of carbonyl (C=O) groups excluding carboxylic acids is 1. The summed E-state index contributed by atoms with van der Waals surface area (Å²) in [4.78, 5) is 25.0. The second-order valence-corrected chi connectivity index (χ2v) is 6.67. The van der Waals surface area contributed by atoms with E-state index in [0.717, 1.165) is 11.3 Å². The fourth-order valence-electron chi connectivity index (χ4n) is 2.95. The quantitative estimate of drug-likeness (QED) is 0.442. The summed E-state index contributed by atoms with van der Waals surface area (Å²) in [6, 6.07) is 13.2. The van der Waals surface area contributed by atoms with Crippen LogP contribution in [-0.2, 0) is 13.2 Å². The van der Waals surface area contributed by atoms with Crippen molar-refractivity contribution in [2.45, 2.75) is 27.0 Å². The van der Waals surface area contributed by atoms with E-state index in [2.05, 4.69) is 5.16 Å². The summed E-state index contributed by atoms with van der Waals surface area (Å²) in [5, 5.41) is 15.1. The lowest BCUT2D eigenvalue weighted by atomic mass is 10.1. The molecule has 1 heterocycles. The lowest BCUT2D eigenvalue weighted by Crippen LogP contribution is -2.26. The largest absolute Gasteiger partial charge is 0.489 e. The molecule has 0 bridgehead atoms. The molecule has 3 rings (SSSR count). The number of rotatable bonds is 7. The summed E-state index contributed by atoms with van der Waals surface area (Å²) in [7, 11) is 1.61. The van der Waals surface area contributed by atoms with Crippen LogP contribution < -0.4 is 4.74 Å². The molecule has 2 aromatic carbocycles. The molecule has 0 aliphatic heterocycles. The SMILES string of the molecule is Cc1noc(C)c1COc1cccc(C(=O)N(C)Cc2ccccc2[N+](=O)[O-])c1. The van der Waals surface area contributed by atoms with Crippen LogP contribution in [0.5, 0.6) is 5.75 Å². The highest BCUT2D eigenvalue weighted by atomic mass is 16.6. The van der Waals surface area contributed by atoms with Gasteiger partial charge in [-0.25, -0.2) is 0 Å². The minimum atomic E-state index is -0.448. The van der Waals surface area contributed by atoms with Gasteiger partial charge in [-0.15, -0.1) is 0 Å². The molecular weight excluding hydrogens is 374 g/mol. The number of ether oxygens (including phenoxy) is 1. The second kappa shape index (κ2) is 8.55. The highest BCUT2D eigenvalue weighted by Gasteiger charge is 2.18. The highest BCUT2D eigenvalue weighted by Crippen LogP contribution is 2.22. The van der Waals surface area contributed by atoms with Gasteiger partial charge in [-0.3, -0.25) is 14.9 Å². The van der Waals surface area contributed by atoms with Crippen molar-refractivity contribution in [3.05, 3.63) is 86.8 Å². The number of aryl methyl sites for hydroxylation is 2. The highest BCUT2D eigenvalue weighted by molar-refractivity contribution is 5.94. The van der Waals surface area contributed by atoms with Crippen LogP contribution in [-0.4, -0.2) is 27.9 Å². The van der Waals surface area contributed by atoms with Crippen molar-refractivity contribution in [2.75, 3.05) is 7.05 Å². The topological polar surface area (TPSA) is 98.7 Å². The minimum absolute atomic E-state index is 0.0105. The van der Waals surface area contributed by atoms with Gasteiger partial charge in [0.15, 0.2) is 0 Å². The summed E-state index contributed by atoms with van der Waals surface area (Å²) in [6.45, 7) is 4.06. The Labute approximate surface area is 167 Å². The van der Waals surface area contributed by atoms with Crippen molar-refractivity contribution in [1.82, 2.24) is 10.1 Å². The van der Waals surface area contributed by atoms with E-state index in [0.29, 0.717) is 22.6 Å². The fourth-order valence-corrected chi connectivity index (χ4v) is 2.95. The number of amides is 1. The summed E-state index contributed by atoms with van der Waals surface area (Å²) < 4.78 is 10.9. The predicted octanol–water partition coefficient (Wildman–Crippen LogP) is 4.05. The number of nitro groups is 1. The van der Waals surface area contributed by atoms with Crippen LogP contribution in [0.15, 0.2) is 53.1 Å². The Bertz CT molecular complexity index is 1020. The normalized spacial score (nSPS) is 10.6. The zero-order valence-electron chi connectivity index (χ0n) is 16.4. The maximum absolute atomic E-state index is 12.8. The van der Waals surface area contributed by atoms with Gasteiger partial charge in [0.25, 0.3) is 11.6 Å². The van der Waals surface area contributed by atoms with Gasteiger partial charge in [-0.2, -0.15) is 0 Å². The maximum Gasteiger partial charge on any atom is 0.274 e. The van der Waals surface area contributed by atoms with Crippen molar-refractivity contribution in [2.24, 2.45) is 0 Å². The first-order chi connectivity index (χ1) is 13.9. The molecule has 1 aromatic heterocycles. The number of para-hydroxylation sites is 1. The van der Waals surface area contributed by atoms with Gasteiger partial charge in [-0.05, 0) is 32.0 Å². The third kappa shape index (κ3) is 4.60. The van der Waals surface area contributed by atoms with E-state index in [-0.39, 0.29) is 24.7 Å². The van der Waals surface area contributed by atoms with Crippen molar-refractivity contribution in [1.29, 1.82) is 0 Å². The Balaban J connectivity index is 1.71. The Hall–Kier alpha value is -3.68. The molecule has 8 heteroatoms. The van der Waals surface area contributed by atoms with E-state index < -0.39 is 4.92 Å². The van der Waals surface area contributed by atoms with Gasteiger partial charge in [0.2, 0.25) is 0 Å². The lowest BCUT2D eigenvalue weighted by molar-refractivity contribution is -0.385. The Morgan fingerprint density at radius 3 is 2.66 bits per heavy atom. The Kier molecular flexibility index (Phi) is 5.92. The molecule has 150 valence electrons. The van der Waals surface area contributed by atoms with Gasteiger partial charge >= 0.3 is 0 Å². The predicted molar refractivity (Wildman–Crippen MR) is 106 cm³/mol. The van der Waals surface area contributed by atoms with Crippen LogP contribution in [0.1, 0.15) is 32.9 Å². The lowest BCUT2D eigenvalue weighted by Gasteiger charge is -2.18. The molecule has 1 amide bonds. The number of hydrogen-bond donors (Lipinski definition) is 0. The van der Waals surface area contributed by atoms with Crippen molar-refractivity contribution < 1.29 is 19.0 Å². The van der Waals surface area contributed by atoms with E-state index in [1.165, 1.54) is 11.0 Å². The molecule has 0 aliphatic rings. The second-order valence-electron chi connectivity index (χ2n) is 6.67. The molecule has 8 nitrogen and oxygen atoms in total. The van der Waals surface area contributed by atoms with Crippen LogP contribution in [0.4, 0.5) is 5.69 Å². The van der Waals surface area contributed by atoms with E-state index in [1.54, 1.807) is 49.5 Å². The van der Waals surface area contributed by atoms with Gasteiger partial charge in [0.05, 0.1) is 22.7 Å². The molecule has 0 atom stereocenters. The third-order valence-electron chi connectivity index (χ3n) is 4.59. The van der Waals surface area contributed by atoms with Gasteiger partial charge in [0, 0.05) is 24.2 Å². The van der Waals surface area contributed by atoms with Crippen molar-refractivity contribution in [3.63, 3.8) is 0 Å². The van der Waals surface area contributed by atoms with Gasteiger partial charge < -0.3 is 14.2 Å². The van der Waals surface area contributed by atoms with Crippen LogP contribution in [0.2, 0.25) is 0 Å². The van der Waals surface area contributed by atoms with Gasteiger partial charge in [0.1, 0.15) is 18.1 Å². The molecule has 0 radical (unpaired) electrons. The number of nitrogens with zero attached hydrogens (tertiary/aromatic N) is 3. The molecule has 0 unspecified atom stereocenters. The third-order valence-corrected chi connectivity index (χ3v) is 4.59. The summed E-state index contributed by atoms with van der Waals surface area (Å²) in [5.74, 6) is 0.972. The number of nitro benzene ring substituents is 1. The van der Waals surface area contributed by atoms with E-state index in [1.807, 2.05) is 13.8 Å². The average molecular weight is 395 g/mol. The summed E-state index contributed by atoms with van der Waals surface area (Å²) >= 11 is 0. The first-order valence-electron chi connectivity index (χ1n) is 8.99. The molecule has 0 N–H and O–H groups in total. The van der Waals surface area contributed by atoms with Crippen LogP contribution >= 0.6 is 0 Å². The number of benzene rings is 2. The molecule has 29 heavy (non-hydrogen) atoms. The minimum Gasteiger partial charge on any atom is -0.489 e. The first kappa shape index (κ1) is 20.1. The molecule has 0 spiro atoms. The molecule has 0 aliphatic carbocycles. The average Bonchev–Trinajstić information content (AvgIpc) is 3.03. The van der Waals surface area contributed by atoms with Crippen LogP contribution in [0.3, 0.4) is 0 Å². The monoisotopic (exact) mass is 395 g/mol. The van der Waals surface area contributed by atoms with Crippen molar-refractivity contribution >= 4 is 11.6 Å². The Morgan fingerprint density at radius 2 is 1.97 bits per heavy atom. The van der Waals surface area contributed by atoms with E-state index in [4.69, 9.17) is 9.26 Å². The Morgan fingerprint density at radius 1 is 1.21 bits per heavy atom. The zero-order valence-corrected chi connectivity index (χ0v) is 16.4. The van der Waals surface area contributed by atoms with E-state index >= 15 is 0 Å². The fraction of sp³-hybridized carbons (Fsp3) is 0.238. The smallest absolute Gasteiger partial charge is 0.274 e. The summed E-state index contributed by atoms with van der Waals surface area (Å²) in [5.41, 5.74) is 2.53. The van der Waals surface area contributed by atoms with Crippen LogP contribution in [0, 0.1) is 24.0 Å². The van der Waals surface area contributed by atoms with E-state index in [9.17, 15) is 14.9 Å². The van der Waals surface area contributed by atoms with Crippen molar-refractivity contribution in [3.8, 4) is 5.75 Å². The first-order valence-corrected chi connectivity index (χ1v) is 8.99. The molecule has 0 saturated carbocycles. The number of aromatic nitrogens is 1. The molecule has 3 aromatic rings.